The van der Waals surface area contributed by atoms with Gasteiger partial charge in [-0.1, -0.05) is 32.5 Å². The van der Waals surface area contributed by atoms with Gasteiger partial charge in [-0.3, -0.25) is 4.79 Å². The minimum absolute atomic E-state index is 0.121. The first kappa shape index (κ1) is 25.5. The van der Waals surface area contributed by atoms with Crippen molar-refractivity contribution >= 4 is 40.0 Å². The van der Waals surface area contributed by atoms with Crippen LogP contribution < -0.4 is 5.32 Å². The second-order valence-electron chi connectivity index (χ2n) is 9.02. The topological polar surface area (TPSA) is 81.2 Å². The molecule has 0 radical (unpaired) electrons. The lowest BCUT2D eigenvalue weighted by Gasteiger charge is -2.33. The predicted molar refractivity (Wildman–Crippen MR) is 122 cm³/mol. The number of hydrogen-bond acceptors (Lipinski definition) is 7. The number of methoxy groups -OCH3 is 1. The van der Waals surface area contributed by atoms with Crippen LogP contribution in [0.4, 0.5) is 18.2 Å². The molecule has 0 bridgehead atoms. The lowest BCUT2D eigenvalue weighted by molar-refractivity contribution is -0.141. The van der Waals surface area contributed by atoms with Gasteiger partial charge < -0.3 is 10.1 Å². The molecule has 0 aromatic carbocycles. The summed E-state index contributed by atoms with van der Waals surface area (Å²) in [4.78, 5) is 33.6. The Balaban J connectivity index is 1.77. The maximum atomic E-state index is 13.0. The molecule has 180 valence electrons. The fraction of sp³-hybridized carbons (Fsp3) is 0.545. The highest BCUT2D eigenvalue weighted by molar-refractivity contribution is 7.99. The summed E-state index contributed by atoms with van der Waals surface area (Å²) in [5.74, 6) is -0.722. The number of nitrogens with zero attached hydrogens (tertiary/aromatic N) is 2. The molecule has 2 aromatic rings. The third-order valence-electron chi connectivity index (χ3n) is 5.59. The molecule has 0 unspecified atom stereocenters. The summed E-state index contributed by atoms with van der Waals surface area (Å²) in [6, 6.07) is 0.855. The number of amides is 1. The number of carbonyl (C=O) groups excluding carboxylic acids is 2. The molecule has 3 rings (SSSR count). The number of ether oxygens (including phenoxy) is 1. The van der Waals surface area contributed by atoms with E-state index in [-0.39, 0.29) is 22.0 Å². The van der Waals surface area contributed by atoms with E-state index in [2.05, 4.69) is 36.1 Å². The maximum absolute atomic E-state index is 13.0. The highest BCUT2D eigenvalue weighted by atomic mass is 32.2. The summed E-state index contributed by atoms with van der Waals surface area (Å²) >= 11 is 2.17. The molecular formula is C22H26F3N3O3S2. The highest BCUT2D eigenvalue weighted by Crippen LogP contribution is 2.44. The minimum Gasteiger partial charge on any atom is -0.465 e. The van der Waals surface area contributed by atoms with Crippen LogP contribution >= 0.6 is 23.1 Å². The SMILES string of the molecule is COC(=O)c1c(NC(=O)CSc2nc(C)cc(C(F)(F)F)n2)sc2c1CC[C@@H](C(C)(C)C)C2. The number of nitrogens with one attached hydrogen (secondary N) is 1. The molecule has 6 nitrogen and oxygen atoms in total. The Morgan fingerprint density at radius 1 is 1.27 bits per heavy atom. The van der Waals surface area contributed by atoms with Crippen molar-refractivity contribution in [2.75, 3.05) is 18.2 Å². The van der Waals surface area contributed by atoms with E-state index in [0.717, 1.165) is 47.5 Å². The third kappa shape index (κ3) is 6.06. The van der Waals surface area contributed by atoms with Gasteiger partial charge in [0.1, 0.15) is 10.7 Å². The zero-order chi connectivity index (χ0) is 24.6. The molecule has 33 heavy (non-hydrogen) atoms. The number of rotatable bonds is 5. The lowest BCUT2D eigenvalue weighted by atomic mass is 9.72. The zero-order valence-corrected chi connectivity index (χ0v) is 20.7. The monoisotopic (exact) mass is 501 g/mol. The van der Waals surface area contributed by atoms with E-state index in [9.17, 15) is 22.8 Å². The van der Waals surface area contributed by atoms with E-state index < -0.39 is 23.7 Å². The van der Waals surface area contributed by atoms with Crippen molar-refractivity contribution in [2.45, 2.75) is 58.3 Å². The number of anilines is 1. The van der Waals surface area contributed by atoms with Gasteiger partial charge in [-0.2, -0.15) is 13.2 Å². The van der Waals surface area contributed by atoms with Gasteiger partial charge in [-0.25, -0.2) is 14.8 Å². The maximum Gasteiger partial charge on any atom is 0.433 e. The number of aromatic nitrogens is 2. The van der Waals surface area contributed by atoms with Gasteiger partial charge in [0.15, 0.2) is 5.16 Å². The molecule has 1 aliphatic carbocycles. The van der Waals surface area contributed by atoms with Crippen LogP contribution in [0.2, 0.25) is 0 Å². The van der Waals surface area contributed by atoms with Crippen LogP contribution in [0.25, 0.3) is 0 Å². The van der Waals surface area contributed by atoms with E-state index in [1.165, 1.54) is 25.4 Å². The molecule has 0 spiro atoms. The molecule has 0 saturated carbocycles. The van der Waals surface area contributed by atoms with Crippen LogP contribution in [-0.4, -0.2) is 34.7 Å². The number of halogens is 3. The fourth-order valence-electron chi connectivity index (χ4n) is 3.78. The number of thioether (sulfide) groups is 1. The molecule has 2 heterocycles. The van der Waals surface area contributed by atoms with E-state index >= 15 is 0 Å². The average Bonchev–Trinajstić information content (AvgIpc) is 3.07. The number of esters is 1. The average molecular weight is 502 g/mol. The summed E-state index contributed by atoms with van der Waals surface area (Å²) in [6.07, 6.45) is -2.12. The normalized spacial score (nSPS) is 16.3. The number of thiophene rings is 1. The van der Waals surface area contributed by atoms with Gasteiger partial charge in [0.05, 0.1) is 18.4 Å². The first-order valence-corrected chi connectivity index (χ1v) is 12.2. The molecule has 0 fully saturated rings. The third-order valence-corrected chi connectivity index (χ3v) is 7.61. The van der Waals surface area contributed by atoms with Gasteiger partial charge in [0, 0.05) is 10.6 Å². The van der Waals surface area contributed by atoms with Crippen molar-refractivity contribution < 1.29 is 27.5 Å². The number of carbonyl (C=O) groups is 2. The largest absolute Gasteiger partial charge is 0.465 e. The van der Waals surface area contributed by atoms with Gasteiger partial charge >= 0.3 is 12.1 Å². The lowest BCUT2D eigenvalue weighted by Crippen LogP contribution is -2.26. The molecule has 0 saturated heterocycles. The van der Waals surface area contributed by atoms with Crippen LogP contribution in [0.1, 0.15) is 59.4 Å². The second-order valence-corrected chi connectivity index (χ2v) is 11.1. The van der Waals surface area contributed by atoms with E-state index in [1.54, 1.807) is 0 Å². The van der Waals surface area contributed by atoms with Crippen molar-refractivity contribution in [3.8, 4) is 0 Å². The van der Waals surface area contributed by atoms with Crippen molar-refractivity contribution in [1.82, 2.24) is 9.97 Å². The number of hydrogen-bond donors (Lipinski definition) is 1. The van der Waals surface area contributed by atoms with Crippen LogP contribution in [0, 0.1) is 18.3 Å². The summed E-state index contributed by atoms with van der Waals surface area (Å²) in [7, 11) is 1.29. The van der Waals surface area contributed by atoms with Crippen molar-refractivity contribution in [3.63, 3.8) is 0 Å². The van der Waals surface area contributed by atoms with Crippen LogP contribution in [-0.2, 0) is 28.5 Å². The van der Waals surface area contributed by atoms with Crippen molar-refractivity contribution in [2.24, 2.45) is 11.3 Å². The summed E-state index contributed by atoms with van der Waals surface area (Å²) in [5, 5.41) is 3.02. The van der Waals surface area contributed by atoms with E-state index in [0.29, 0.717) is 16.5 Å². The Hall–Kier alpha value is -2.14. The summed E-state index contributed by atoms with van der Waals surface area (Å²) in [6.45, 7) is 8.00. The Kier molecular flexibility index (Phi) is 7.42. The number of aryl methyl sites for hydroxylation is 1. The van der Waals surface area contributed by atoms with E-state index in [1.807, 2.05) is 0 Å². The van der Waals surface area contributed by atoms with Gasteiger partial charge in [-0.05, 0) is 49.1 Å². The van der Waals surface area contributed by atoms with Crippen molar-refractivity contribution in [1.29, 1.82) is 0 Å². The fourth-order valence-corrected chi connectivity index (χ4v) is 5.81. The van der Waals surface area contributed by atoms with E-state index in [4.69, 9.17) is 4.74 Å². The molecular weight excluding hydrogens is 475 g/mol. The Bertz CT molecular complexity index is 1060. The molecule has 1 atom stereocenters. The zero-order valence-electron chi connectivity index (χ0n) is 19.1. The molecule has 2 aromatic heterocycles. The Labute approximate surface area is 198 Å². The smallest absolute Gasteiger partial charge is 0.433 e. The summed E-state index contributed by atoms with van der Waals surface area (Å²) < 4.78 is 43.9. The Morgan fingerprint density at radius 3 is 2.58 bits per heavy atom. The van der Waals surface area contributed by atoms with Crippen LogP contribution in [0.15, 0.2) is 11.2 Å². The minimum atomic E-state index is -4.60. The molecule has 11 heteroatoms. The first-order chi connectivity index (χ1) is 15.3. The number of fused-ring (bicyclic) bond motifs is 1. The van der Waals surface area contributed by atoms with Gasteiger partial charge in [-0.15, -0.1) is 11.3 Å². The standard InChI is InChI=1S/C22H26F3N3O3S2/c1-11-8-15(22(23,24)25)27-20(26-11)32-10-16(29)28-18-17(19(30)31-5)13-7-6-12(21(2,3)4)9-14(13)33-18/h8,12H,6-7,9-10H2,1-5H3,(H,28,29)/t12-/m1/s1. The van der Waals surface area contributed by atoms with Gasteiger partial charge in [0.2, 0.25) is 5.91 Å². The molecule has 1 amide bonds. The number of alkyl halides is 3. The van der Waals surface area contributed by atoms with Gasteiger partial charge in [0.25, 0.3) is 0 Å². The first-order valence-electron chi connectivity index (χ1n) is 10.4. The Morgan fingerprint density at radius 2 is 1.97 bits per heavy atom. The van der Waals surface area contributed by atoms with Crippen LogP contribution in [0.5, 0.6) is 0 Å². The second kappa shape index (κ2) is 9.61. The molecule has 1 N–H and O–H groups in total. The van der Waals surface area contributed by atoms with Crippen LogP contribution in [0.3, 0.4) is 0 Å². The highest BCUT2D eigenvalue weighted by Gasteiger charge is 2.35. The molecule has 1 aliphatic rings. The predicted octanol–water partition coefficient (Wildman–Crippen LogP) is 5.53. The summed E-state index contributed by atoms with van der Waals surface area (Å²) in [5.41, 5.74) is 0.509. The quantitative estimate of drug-likeness (QED) is 0.329. The van der Waals surface area contributed by atoms with Crippen molar-refractivity contribution in [3.05, 3.63) is 33.5 Å². The molecule has 0 aliphatic heterocycles.